The van der Waals surface area contributed by atoms with Gasteiger partial charge in [-0.25, -0.2) is 0 Å². The van der Waals surface area contributed by atoms with Crippen LogP contribution in [-0.4, -0.2) is 148 Å². The maximum atomic E-state index is 12.2. The van der Waals surface area contributed by atoms with Gasteiger partial charge in [-0.2, -0.15) is 0 Å². The minimum atomic E-state index is -1.07. The predicted octanol–water partition coefficient (Wildman–Crippen LogP) is 0.677. The molecule has 240 valence electrons. The van der Waals surface area contributed by atoms with Crippen molar-refractivity contribution in [3.05, 3.63) is 29.8 Å². The van der Waals surface area contributed by atoms with Crippen molar-refractivity contribution in [2.24, 2.45) is 0 Å². The van der Waals surface area contributed by atoms with E-state index in [9.17, 15) is 44.4 Å². The molecule has 0 radical (unpaired) electrons. The van der Waals surface area contributed by atoms with Gasteiger partial charge in [0.05, 0.1) is 26.2 Å². The Morgan fingerprint density at radius 3 is 1.70 bits per heavy atom. The first-order valence-corrected chi connectivity index (χ1v) is 14.6. The van der Waals surface area contributed by atoms with E-state index in [1.165, 1.54) is 0 Å². The fraction of sp³-hybridized carbons (Fsp3) is 0.621. The highest BCUT2D eigenvalue weighted by molar-refractivity contribution is 5.90. The van der Waals surface area contributed by atoms with Crippen LogP contribution in [0.4, 0.5) is 5.69 Å². The average Bonchev–Trinajstić information content (AvgIpc) is 2.91. The van der Waals surface area contributed by atoms with Crippen molar-refractivity contribution < 1.29 is 44.4 Å². The molecule has 1 saturated heterocycles. The monoisotopic (exact) mass is 607 g/mol. The number of hydrogen-bond donors (Lipinski definition) is 5. The number of rotatable bonds is 15. The molecule has 1 unspecified atom stereocenters. The Morgan fingerprint density at radius 1 is 0.698 bits per heavy atom. The third-order valence-corrected chi connectivity index (χ3v) is 7.29. The fourth-order valence-electron chi connectivity index (χ4n) is 5.11. The first-order chi connectivity index (χ1) is 20.4. The van der Waals surface area contributed by atoms with E-state index in [-0.39, 0.29) is 77.9 Å². The molecule has 0 saturated carbocycles. The fourth-order valence-corrected chi connectivity index (χ4v) is 5.11. The Balaban J connectivity index is 2.32. The highest BCUT2D eigenvalue weighted by atomic mass is 16.4. The molecule has 1 amide bonds. The van der Waals surface area contributed by atoms with Gasteiger partial charge in [-0.1, -0.05) is 31.9 Å². The molecule has 1 aliphatic rings. The molecule has 1 atom stereocenters. The molecule has 1 aromatic rings. The number of amides is 1. The molecule has 14 nitrogen and oxygen atoms in total. The van der Waals surface area contributed by atoms with Crippen molar-refractivity contribution in [3.8, 4) is 0 Å². The van der Waals surface area contributed by atoms with Crippen LogP contribution in [0.25, 0.3) is 0 Å². The number of aliphatic carboxylic acids is 4. The van der Waals surface area contributed by atoms with Crippen molar-refractivity contribution in [2.45, 2.75) is 45.1 Å². The Bertz CT molecular complexity index is 1070. The normalized spacial score (nSPS) is 18.3. The van der Waals surface area contributed by atoms with Gasteiger partial charge in [0.2, 0.25) is 5.91 Å². The second-order valence-corrected chi connectivity index (χ2v) is 10.9. The molecule has 14 heteroatoms. The second-order valence-electron chi connectivity index (χ2n) is 10.9. The van der Waals surface area contributed by atoms with Crippen molar-refractivity contribution in [2.75, 3.05) is 77.3 Å². The molecular weight excluding hydrogens is 562 g/mol. The number of benzene rings is 1. The quantitative estimate of drug-likeness (QED) is 0.175. The maximum absolute atomic E-state index is 12.2. The topological polar surface area (TPSA) is 191 Å². The summed E-state index contributed by atoms with van der Waals surface area (Å²) in [7, 11) is 0. The zero-order valence-corrected chi connectivity index (χ0v) is 24.8. The van der Waals surface area contributed by atoms with E-state index >= 15 is 0 Å². The highest BCUT2D eigenvalue weighted by Gasteiger charge is 2.27. The summed E-state index contributed by atoms with van der Waals surface area (Å²) < 4.78 is 0. The molecule has 0 spiro atoms. The van der Waals surface area contributed by atoms with Gasteiger partial charge in [0.1, 0.15) is 0 Å². The van der Waals surface area contributed by atoms with Gasteiger partial charge in [0.25, 0.3) is 0 Å². The molecular formula is C29H45N5O9. The number of carbonyl (C=O) groups excluding carboxylic acids is 1. The largest absolute Gasteiger partial charge is 0.480 e. The van der Waals surface area contributed by atoms with Crippen molar-refractivity contribution >= 4 is 35.5 Å². The van der Waals surface area contributed by atoms with Crippen LogP contribution in [0.1, 0.15) is 38.2 Å². The Kier molecular flexibility index (Phi) is 15.6. The van der Waals surface area contributed by atoms with Crippen LogP contribution in [-0.2, 0) is 30.4 Å². The highest BCUT2D eigenvalue weighted by Crippen LogP contribution is 2.16. The van der Waals surface area contributed by atoms with Gasteiger partial charge in [-0.3, -0.25) is 43.6 Å². The smallest absolute Gasteiger partial charge is 0.317 e. The lowest BCUT2D eigenvalue weighted by molar-refractivity contribution is -0.142. The summed E-state index contributed by atoms with van der Waals surface area (Å²) in [5.41, 5.74) is 1.49. The lowest BCUT2D eigenvalue weighted by Crippen LogP contribution is -2.53. The van der Waals surface area contributed by atoms with Crippen LogP contribution in [0.5, 0.6) is 0 Å². The molecule has 0 aromatic heterocycles. The number of carbonyl (C=O) groups is 5. The number of hydrogen-bond acceptors (Lipinski definition) is 9. The first-order valence-electron chi connectivity index (χ1n) is 14.6. The molecule has 43 heavy (non-hydrogen) atoms. The Morgan fingerprint density at radius 2 is 1.19 bits per heavy atom. The SMILES string of the molecule is CCCCCC(=O)Nc1ccc(CC2CN(CC(=O)O)CCN(CC(=O)O)CCN(CC(=O)O)CCN2CC(=O)O)cc1. The van der Waals surface area contributed by atoms with Crippen LogP contribution < -0.4 is 5.32 Å². The van der Waals surface area contributed by atoms with Gasteiger partial charge >= 0.3 is 23.9 Å². The van der Waals surface area contributed by atoms with Crippen LogP contribution in [0.2, 0.25) is 0 Å². The summed E-state index contributed by atoms with van der Waals surface area (Å²) in [6, 6.07) is 6.77. The zero-order chi connectivity index (χ0) is 31.8. The van der Waals surface area contributed by atoms with E-state index in [1.54, 1.807) is 31.7 Å². The molecule has 2 rings (SSSR count). The van der Waals surface area contributed by atoms with Gasteiger partial charge in [-0.05, 0) is 30.5 Å². The number of unbranched alkanes of at least 4 members (excludes halogenated alkanes) is 2. The Hall–Kier alpha value is -3.59. The summed E-state index contributed by atoms with van der Waals surface area (Å²) >= 11 is 0. The lowest BCUT2D eigenvalue weighted by Gasteiger charge is -2.37. The minimum Gasteiger partial charge on any atom is -0.480 e. The van der Waals surface area contributed by atoms with Gasteiger partial charge < -0.3 is 25.7 Å². The second kappa shape index (κ2) is 18.8. The molecule has 0 aliphatic carbocycles. The van der Waals surface area contributed by atoms with Crippen LogP contribution in [0.3, 0.4) is 0 Å². The van der Waals surface area contributed by atoms with Crippen LogP contribution in [0, 0.1) is 0 Å². The number of anilines is 1. The summed E-state index contributed by atoms with van der Waals surface area (Å²) in [5.74, 6) is -4.30. The number of carboxylic acids is 4. The third-order valence-electron chi connectivity index (χ3n) is 7.29. The van der Waals surface area contributed by atoms with E-state index in [1.807, 2.05) is 12.1 Å². The van der Waals surface area contributed by atoms with E-state index < -0.39 is 29.9 Å². The van der Waals surface area contributed by atoms with Gasteiger partial charge in [0.15, 0.2) is 0 Å². The zero-order valence-electron chi connectivity index (χ0n) is 24.8. The standard InChI is InChI=1S/C29H45N5O9/c1-2-3-4-5-25(35)30-23-8-6-22(7-9-23)16-24-17-33(20-28(40)41)13-12-31(18-26(36)37)10-11-32(19-27(38)39)14-15-34(24)21-29(42)43/h6-9,24H,2-5,10-21H2,1H3,(H,30,35)(H,36,37)(H,38,39)(H,40,41)(H,42,43). The molecule has 5 N–H and O–H groups in total. The summed E-state index contributed by atoms with van der Waals surface area (Å²) in [5, 5.41) is 41.0. The predicted molar refractivity (Wildman–Crippen MR) is 158 cm³/mol. The molecule has 1 aliphatic heterocycles. The molecule has 1 heterocycles. The molecule has 1 fully saturated rings. The van der Waals surface area contributed by atoms with Crippen molar-refractivity contribution in [1.29, 1.82) is 0 Å². The summed E-state index contributed by atoms with van der Waals surface area (Å²) in [6.07, 6.45) is 3.61. The number of nitrogens with one attached hydrogen (secondary N) is 1. The summed E-state index contributed by atoms with van der Waals surface area (Å²) in [4.78, 5) is 65.5. The molecule has 0 bridgehead atoms. The van der Waals surface area contributed by atoms with Crippen molar-refractivity contribution in [1.82, 2.24) is 19.6 Å². The summed E-state index contributed by atoms with van der Waals surface area (Å²) in [6.45, 7) is 2.43. The van der Waals surface area contributed by atoms with Crippen molar-refractivity contribution in [3.63, 3.8) is 0 Å². The number of carboxylic acid groups (broad SMARTS) is 4. The van der Waals surface area contributed by atoms with Gasteiger partial charge in [0, 0.05) is 64.0 Å². The number of nitrogens with zero attached hydrogens (tertiary/aromatic N) is 4. The minimum absolute atomic E-state index is 0.0691. The third kappa shape index (κ3) is 14.9. The van der Waals surface area contributed by atoms with E-state index in [4.69, 9.17) is 0 Å². The Labute approximate surface area is 251 Å². The molecule has 1 aromatic carbocycles. The first kappa shape index (κ1) is 35.6. The van der Waals surface area contributed by atoms with Gasteiger partial charge in [-0.15, -0.1) is 0 Å². The van der Waals surface area contributed by atoms with E-state index in [2.05, 4.69) is 12.2 Å². The lowest BCUT2D eigenvalue weighted by atomic mass is 10.0. The van der Waals surface area contributed by atoms with Crippen LogP contribution in [0.15, 0.2) is 24.3 Å². The van der Waals surface area contributed by atoms with E-state index in [0.717, 1.165) is 24.8 Å². The average molecular weight is 608 g/mol. The van der Waals surface area contributed by atoms with E-state index in [0.29, 0.717) is 18.5 Å². The van der Waals surface area contributed by atoms with Crippen LogP contribution >= 0.6 is 0 Å². The maximum Gasteiger partial charge on any atom is 0.317 e.